The van der Waals surface area contributed by atoms with Gasteiger partial charge in [0.25, 0.3) is 0 Å². The summed E-state index contributed by atoms with van der Waals surface area (Å²) in [4.78, 5) is 0. The summed E-state index contributed by atoms with van der Waals surface area (Å²) in [6, 6.07) is 7.25. The second-order valence-electron chi connectivity index (χ2n) is 4.34. The molecule has 0 radical (unpaired) electrons. The fourth-order valence-electron chi connectivity index (χ4n) is 2.21. The largest absolute Gasteiger partial charge is 0.382 e. The van der Waals surface area contributed by atoms with Crippen molar-refractivity contribution in [3.05, 3.63) is 30.1 Å². The van der Waals surface area contributed by atoms with Crippen molar-refractivity contribution in [1.29, 1.82) is 0 Å². The molecule has 0 heterocycles. The molecule has 15 heavy (non-hydrogen) atoms. The van der Waals surface area contributed by atoms with Gasteiger partial charge >= 0.3 is 0 Å². The lowest BCUT2D eigenvalue weighted by atomic mass is 10.1. The third-order valence-electron chi connectivity index (χ3n) is 3.07. The van der Waals surface area contributed by atoms with Gasteiger partial charge in [0, 0.05) is 11.7 Å². The van der Waals surface area contributed by atoms with Crippen molar-refractivity contribution in [3.63, 3.8) is 0 Å². The van der Waals surface area contributed by atoms with Crippen LogP contribution in [0, 0.1) is 5.82 Å². The second-order valence-corrected chi connectivity index (χ2v) is 4.34. The first-order chi connectivity index (χ1) is 7.34. The molecule has 0 atom stereocenters. The highest BCUT2D eigenvalue weighted by Crippen LogP contribution is 2.21. The summed E-state index contributed by atoms with van der Waals surface area (Å²) in [7, 11) is 0. The number of rotatable bonds is 2. The van der Waals surface area contributed by atoms with Gasteiger partial charge in [-0.05, 0) is 37.1 Å². The molecule has 1 aliphatic rings. The first-order valence-corrected chi connectivity index (χ1v) is 5.87. The highest BCUT2D eigenvalue weighted by molar-refractivity contribution is 5.43. The molecule has 0 unspecified atom stereocenters. The Labute approximate surface area is 90.7 Å². The second kappa shape index (κ2) is 5.15. The van der Waals surface area contributed by atoms with Crippen molar-refractivity contribution in [2.75, 3.05) is 5.32 Å². The summed E-state index contributed by atoms with van der Waals surface area (Å²) in [6.07, 6.45) is 7.86. The van der Waals surface area contributed by atoms with Crippen molar-refractivity contribution in [1.82, 2.24) is 0 Å². The van der Waals surface area contributed by atoms with Crippen LogP contribution in [0.5, 0.6) is 0 Å². The molecule has 2 heteroatoms. The Morgan fingerprint density at radius 2 is 1.53 bits per heavy atom. The van der Waals surface area contributed by atoms with E-state index in [0.717, 1.165) is 5.69 Å². The normalized spacial score (nSPS) is 18.5. The lowest BCUT2D eigenvalue weighted by Crippen LogP contribution is -2.18. The summed E-state index contributed by atoms with van der Waals surface area (Å²) in [6.45, 7) is 0. The molecule has 1 saturated carbocycles. The molecule has 0 aromatic heterocycles. The molecule has 0 saturated heterocycles. The molecule has 1 nitrogen and oxygen atoms in total. The Kier molecular flexibility index (Phi) is 3.59. The lowest BCUT2D eigenvalue weighted by Gasteiger charge is -2.17. The summed E-state index contributed by atoms with van der Waals surface area (Å²) < 4.78 is 12.7. The molecule has 2 rings (SSSR count). The quantitative estimate of drug-likeness (QED) is 0.724. The summed E-state index contributed by atoms with van der Waals surface area (Å²) in [5.41, 5.74) is 1.04. The van der Waals surface area contributed by atoms with Crippen LogP contribution >= 0.6 is 0 Å². The van der Waals surface area contributed by atoms with E-state index < -0.39 is 0 Å². The lowest BCUT2D eigenvalue weighted by molar-refractivity contribution is 0.616. The minimum absolute atomic E-state index is 0.165. The van der Waals surface area contributed by atoms with Crippen LogP contribution in [0.1, 0.15) is 38.5 Å². The van der Waals surface area contributed by atoms with Crippen molar-refractivity contribution in [2.45, 2.75) is 44.6 Å². The minimum Gasteiger partial charge on any atom is -0.382 e. The predicted molar refractivity (Wildman–Crippen MR) is 61.5 cm³/mol. The van der Waals surface area contributed by atoms with Gasteiger partial charge in [-0.3, -0.25) is 0 Å². The Morgan fingerprint density at radius 3 is 2.13 bits per heavy atom. The molecule has 82 valence electrons. The van der Waals surface area contributed by atoms with Crippen LogP contribution < -0.4 is 5.32 Å². The number of nitrogens with one attached hydrogen (secondary N) is 1. The van der Waals surface area contributed by atoms with E-state index >= 15 is 0 Å². The van der Waals surface area contributed by atoms with Crippen LogP contribution in [0.4, 0.5) is 10.1 Å². The Hall–Kier alpha value is -1.05. The van der Waals surface area contributed by atoms with E-state index in [9.17, 15) is 4.39 Å². The maximum Gasteiger partial charge on any atom is 0.123 e. The van der Waals surface area contributed by atoms with Gasteiger partial charge in [0.15, 0.2) is 0 Å². The maximum absolute atomic E-state index is 12.7. The predicted octanol–water partition coefficient (Wildman–Crippen LogP) is 3.96. The van der Waals surface area contributed by atoms with Crippen LogP contribution in [0.25, 0.3) is 0 Å². The zero-order valence-corrected chi connectivity index (χ0v) is 9.01. The third kappa shape index (κ3) is 3.22. The summed E-state index contributed by atoms with van der Waals surface area (Å²) in [5.74, 6) is -0.165. The molecule has 0 amide bonds. The molecular weight excluding hydrogens is 189 g/mol. The zero-order chi connectivity index (χ0) is 10.5. The minimum atomic E-state index is -0.165. The Bertz CT molecular complexity index is 286. The van der Waals surface area contributed by atoms with Gasteiger partial charge in [0.05, 0.1) is 0 Å². The van der Waals surface area contributed by atoms with Gasteiger partial charge in [-0.2, -0.15) is 0 Å². The van der Waals surface area contributed by atoms with Crippen LogP contribution in [-0.4, -0.2) is 6.04 Å². The van der Waals surface area contributed by atoms with Gasteiger partial charge < -0.3 is 5.32 Å². The highest BCUT2D eigenvalue weighted by Gasteiger charge is 2.11. The number of halogens is 1. The van der Waals surface area contributed by atoms with E-state index in [1.54, 1.807) is 0 Å². The topological polar surface area (TPSA) is 12.0 Å². The van der Waals surface area contributed by atoms with Gasteiger partial charge in [-0.15, -0.1) is 0 Å². The SMILES string of the molecule is Fc1ccc(NC2CCCCCC2)cc1. The molecule has 0 spiro atoms. The Balaban J connectivity index is 1.92. The molecule has 1 N–H and O–H groups in total. The molecule has 1 aromatic rings. The van der Waals surface area contributed by atoms with Gasteiger partial charge in [-0.25, -0.2) is 4.39 Å². The maximum atomic E-state index is 12.7. The van der Waals surface area contributed by atoms with Crippen LogP contribution in [0.2, 0.25) is 0 Å². The molecule has 0 bridgehead atoms. The van der Waals surface area contributed by atoms with E-state index in [4.69, 9.17) is 0 Å². The summed E-state index contributed by atoms with van der Waals surface area (Å²) >= 11 is 0. The molecule has 1 aliphatic carbocycles. The average Bonchev–Trinajstić information content (AvgIpc) is 2.50. The molecule has 1 fully saturated rings. The van der Waals surface area contributed by atoms with E-state index in [1.165, 1.54) is 50.7 Å². The van der Waals surface area contributed by atoms with E-state index in [0.29, 0.717) is 6.04 Å². The smallest absolute Gasteiger partial charge is 0.123 e. The first kappa shape index (κ1) is 10.5. The van der Waals surface area contributed by atoms with Crippen molar-refractivity contribution in [2.24, 2.45) is 0 Å². The standard InChI is InChI=1S/C13H18FN/c14-11-7-9-13(10-8-11)15-12-5-3-1-2-4-6-12/h7-10,12,15H,1-6H2. The van der Waals surface area contributed by atoms with E-state index in [1.807, 2.05) is 12.1 Å². The number of benzene rings is 1. The Morgan fingerprint density at radius 1 is 0.933 bits per heavy atom. The fourth-order valence-corrected chi connectivity index (χ4v) is 2.21. The molecular formula is C13H18FN. The van der Waals surface area contributed by atoms with Crippen molar-refractivity contribution in [3.8, 4) is 0 Å². The van der Waals surface area contributed by atoms with Gasteiger partial charge in [0.2, 0.25) is 0 Å². The fraction of sp³-hybridized carbons (Fsp3) is 0.538. The van der Waals surface area contributed by atoms with Crippen molar-refractivity contribution >= 4 is 5.69 Å². The van der Waals surface area contributed by atoms with Crippen LogP contribution in [-0.2, 0) is 0 Å². The number of anilines is 1. The van der Waals surface area contributed by atoms with Crippen molar-refractivity contribution < 1.29 is 4.39 Å². The third-order valence-corrected chi connectivity index (χ3v) is 3.07. The highest BCUT2D eigenvalue weighted by atomic mass is 19.1. The van der Waals surface area contributed by atoms with Crippen LogP contribution in [0.15, 0.2) is 24.3 Å². The zero-order valence-electron chi connectivity index (χ0n) is 9.01. The van der Waals surface area contributed by atoms with E-state index in [2.05, 4.69) is 5.32 Å². The van der Waals surface area contributed by atoms with Gasteiger partial charge in [0.1, 0.15) is 5.82 Å². The number of hydrogen-bond donors (Lipinski definition) is 1. The van der Waals surface area contributed by atoms with E-state index in [-0.39, 0.29) is 5.82 Å². The first-order valence-electron chi connectivity index (χ1n) is 5.87. The number of hydrogen-bond acceptors (Lipinski definition) is 1. The van der Waals surface area contributed by atoms with Crippen LogP contribution in [0.3, 0.4) is 0 Å². The van der Waals surface area contributed by atoms with Gasteiger partial charge in [-0.1, -0.05) is 25.7 Å². The molecule has 0 aliphatic heterocycles. The summed E-state index contributed by atoms with van der Waals surface area (Å²) in [5, 5.41) is 3.48. The average molecular weight is 207 g/mol. The molecule has 1 aromatic carbocycles. The monoisotopic (exact) mass is 207 g/mol.